The molecule has 2 amide bonds. The Morgan fingerprint density at radius 2 is 1.70 bits per heavy atom. The highest BCUT2D eigenvalue weighted by molar-refractivity contribution is 6.31. The molecule has 0 saturated heterocycles. The number of nitrogens with one attached hydrogen (secondary N) is 1. The smallest absolute Gasteiger partial charge is 0.261 e. The zero-order valence-electron chi connectivity index (χ0n) is 19.9. The van der Waals surface area contributed by atoms with E-state index in [1.54, 1.807) is 17.9 Å². The Labute approximate surface area is 202 Å². The van der Waals surface area contributed by atoms with Gasteiger partial charge in [-0.3, -0.25) is 9.59 Å². The number of hydrogen-bond acceptors (Lipinski definition) is 3. The largest absolute Gasteiger partial charge is 0.484 e. The van der Waals surface area contributed by atoms with Crippen molar-refractivity contribution in [3.63, 3.8) is 0 Å². The molecule has 0 radical (unpaired) electrons. The minimum Gasteiger partial charge on any atom is -0.484 e. The molecule has 1 aliphatic rings. The van der Waals surface area contributed by atoms with Crippen LogP contribution in [0.25, 0.3) is 0 Å². The molecule has 1 fully saturated rings. The fourth-order valence-corrected chi connectivity index (χ4v) is 4.33. The number of nitrogens with zero attached hydrogens (tertiary/aromatic N) is 1. The zero-order valence-corrected chi connectivity index (χ0v) is 20.6. The van der Waals surface area contributed by atoms with E-state index in [0.29, 0.717) is 16.7 Å². The fourth-order valence-electron chi connectivity index (χ4n) is 4.14. The summed E-state index contributed by atoms with van der Waals surface area (Å²) in [5, 5.41) is 3.71. The quantitative estimate of drug-likeness (QED) is 0.510. The Balaban J connectivity index is 1.70. The van der Waals surface area contributed by atoms with Gasteiger partial charge in [0, 0.05) is 17.6 Å². The van der Waals surface area contributed by atoms with Gasteiger partial charge in [0.05, 0.1) is 0 Å². The molecular formula is C27H35ClN2O3. The molecule has 2 aromatic rings. The minimum absolute atomic E-state index is 0.136. The van der Waals surface area contributed by atoms with E-state index >= 15 is 0 Å². The van der Waals surface area contributed by atoms with Crippen LogP contribution >= 0.6 is 11.6 Å². The first-order valence-corrected chi connectivity index (χ1v) is 12.3. The summed E-state index contributed by atoms with van der Waals surface area (Å²) in [6.07, 6.45) is 5.46. The first-order chi connectivity index (χ1) is 15.8. The molecule has 1 N–H and O–H groups in total. The summed E-state index contributed by atoms with van der Waals surface area (Å²) in [6, 6.07) is 14.7. The predicted molar refractivity (Wildman–Crippen MR) is 133 cm³/mol. The molecule has 6 heteroatoms. The molecular weight excluding hydrogens is 436 g/mol. The van der Waals surface area contributed by atoms with Crippen molar-refractivity contribution < 1.29 is 14.3 Å². The third-order valence-corrected chi connectivity index (χ3v) is 6.70. The maximum absolute atomic E-state index is 13.2. The predicted octanol–water partition coefficient (Wildman–Crippen LogP) is 5.71. The van der Waals surface area contributed by atoms with E-state index in [4.69, 9.17) is 16.3 Å². The molecule has 3 rings (SSSR count). The minimum atomic E-state index is -0.636. The van der Waals surface area contributed by atoms with Crippen molar-refractivity contribution in [1.82, 2.24) is 10.2 Å². The van der Waals surface area contributed by atoms with Crippen molar-refractivity contribution in [1.29, 1.82) is 0 Å². The lowest BCUT2D eigenvalue weighted by Gasteiger charge is -2.31. The summed E-state index contributed by atoms with van der Waals surface area (Å²) >= 11 is 6.36. The van der Waals surface area contributed by atoms with Gasteiger partial charge in [-0.05, 0) is 55.0 Å². The number of carbonyl (C=O) groups excluding carboxylic acids is 2. The Kier molecular flexibility index (Phi) is 9.19. The van der Waals surface area contributed by atoms with E-state index in [0.717, 1.165) is 31.2 Å². The van der Waals surface area contributed by atoms with Crippen LogP contribution in [0.3, 0.4) is 0 Å². The summed E-state index contributed by atoms with van der Waals surface area (Å²) in [4.78, 5) is 27.8. The van der Waals surface area contributed by atoms with Gasteiger partial charge in [-0.15, -0.1) is 0 Å². The van der Waals surface area contributed by atoms with E-state index in [1.165, 1.54) is 12.0 Å². The van der Waals surface area contributed by atoms with Gasteiger partial charge in [-0.1, -0.05) is 75.0 Å². The Morgan fingerprint density at radius 3 is 2.33 bits per heavy atom. The molecule has 0 heterocycles. The van der Waals surface area contributed by atoms with Crippen LogP contribution in [0.4, 0.5) is 0 Å². The number of amides is 2. The second-order valence-corrected chi connectivity index (χ2v) is 9.55. The third kappa shape index (κ3) is 7.23. The van der Waals surface area contributed by atoms with Gasteiger partial charge in [0.1, 0.15) is 11.8 Å². The Hall–Kier alpha value is -2.53. The molecule has 33 heavy (non-hydrogen) atoms. The van der Waals surface area contributed by atoms with Gasteiger partial charge in [-0.25, -0.2) is 0 Å². The van der Waals surface area contributed by atoms with E-state index < -0.39 is 6.04 Å². The van der Waals surface area contributed by atoms with Crippen molar-refractivity contribution >= 4 is 23.4 Å². The number of benzene rings is 2. The standard InChI is InChI=1S/C27H35ClN2O3/c1-19(2)21-13-15-24(16-14-21)33-18-26(31)30(17-22-9-7-8-12-25(22)28)20(3)27(32)29-23-10-5-4-6-11-23/h7-9,12-16,19-20,23H,4-6,10-11,17-18H2,1-3H3,(H,29,32)/t20-/m0/s1. The van der Waals surface area contributed by atoms with Gasteiger partial charge in [0.25, 0.3) is 5.91 Å². The molecule has 0 bridgehead atoms. The first kappa shape index (κ1) is 25.1. The summed E-state index contributed by atoms with van der Waals surface area (Å²) < 4.78 is 5.78. The highest BCUT2D eigenvalue weighted by Gasteiger charge is 2.28. The maximum Gasteiger partial charge on any atom is 0.261 e. The molecule has 1 atom stereocenters. The normalized spacial score (nSPS) is 15.2. The molecule has 1 saturated carbocycles. The molecule has 2 aromatic carbocycles. The second-order valence-electron chi connectivity index (χ2n) is 9.14. The molecule has 0 unspecified atom stereocenters. The van der Waals surface area contributed by atoms with Crippen molar-refractivity contribution in [3.8, 4) is 5.75 Å². The number of hydrogen-bond donors (Lipinski definition) is 1. The van der Waals surface area contributed by atoms with Crippen LogP contribution in [0, 0.1) is 0 Å². The molecule has 0 spiro atoms. The summed E-state index contributed by atoms with van der Waals surface area (Å²) in [7, 11) is 0. The Morgan fingerprint density at radius 1 is 1.03 bits per heavy atom. The van der Waals surface area contributed by atoms with Crippen LogP contribution < -0.4 is 10.1 Å². The van der Waals surface area contributed by atoms with Gasteiger partial charge in [-0.2, -0.15) is 0 Å². The van der Waals surface area contributed by atoms with Crippen LogP contribution in [-0.4, -0.2) is 35.4 Å². The molecule has 0 aromatic heterocycles. The summed E-state index contributed by atoms with van der Waals surface area (Å²) in [5.74, 6) is 0.665. The number of ether oxygens (including phenoxy) is 1. The first-order valence-electron chi connectivity index (χ1n) is 11.9. The average Bonchev–Trinajstić information content (AvgIpc) is 2.82. The van der Waals surface area contributed by atoms with Gasteiger partial charge < -0.3 is 15.0 Å². The van der Waals surface area contributed by atoms with Crippen LogP contribution in [-0.2, 0) is 16.1 Å². The zero-order chi connectivity index (χ0) is 23.8. The molecule has 0 aliphatic heterocycles. The van der Waals surface area contributed by atoms with Crippen molar-refractivity contribution in [2.45, 2.75) is 77.4 Å². The van der Waals surface area contributed by atoms with Gasteiger partial charge in [0.15, 0.2) is 6.61 Å². The number of halogens is 1. The molecule has 1 aliphatic carbocycles. The van der Waals surface area contributed by atoms with Gasteiger partial charge in [0.2, 0.25) is 5.91 Å². The number of carbonyl (C=O) groups is 2. The van der Waals surface area contributed by atoms with E-state index in [1.807, 2.05) is 42.5 Å². The van der Waals surface area contributed by atoms with E-state index in [9.17, 15) is 9.59 Å². The second kappa shape index (κ2) is 12.1. The topological polar surface area (TPSA) is 58.6 Å². The SMILES string of the molecule is CC(C)c1ccc(OCC(=O)N(Cc2ccccc2Cl)[C@@H](C)C(=O)NC2CCCCC2)cc1. The van der Waals surface area contributed by atoms with Crippen LogP contribution in [0.15, 0.2) is 48.5 Å². The lowest BCUT2D eigenvalue weighted by molar-refractivity contribution is -0.142. The third-order valence-electron chi connectivity index (χ3n) is 6.33. The highest BCUT2D eigenvalue weighted by Crippen LogP contribution is 2.22. The van der Waals surface area contributed by atoms with Crippen molar-refractivity contribution in [2.75, 3.05) is 6.61 Å². The summed E-state index contributed by atoms with van der Waals surface area (Å²) in [5.41, 5.74) is 2.01. The highest BCUT2D eigenvalue weighted by atomic mass is 35.5. The number of rotatable bonds is 9. The van der Waals surface area contributed by atoms with E-state index in [2.05, 4.69) is 19.2 Å². The summed E-state index contributed by atoms with van der Waals surface area (Å²) in [6.45, 7) is 6.13. The monoisotopic (exact) mass is 470 g/mol. The van der Waals surface area contributed by atoms with Crippen LogP contribution in [0.1, 0.15) is 69.9 Å². The average molecular weight is 471 g/mol. The van der Waals surface area contributed by atoms with Gasteiger partial charge >= 0.3 is 0 Å². The van der Waals surface area contributed by atoms with Crippen molar-refractivity contribution in [3.05, 3.63) is 64.7 Å². The van der Waals surface area contributed by atoms with E-state index in [-0.39, 0.29) is 31.0 Å². The lowest BCUT2D eigenvalue weighted by atomic mass is 9.95. The lowest BCUT2D eigenvalue weighted by Crippen LogP contribution is -2.51. The molecule has 5 nitrogen and oxygen atoms in total. The maximum atomic E-state index is 13.2. The van der Waals surface area contributed by atoms with Crippen molar-refractivity contribution in [2.24, 2.45) is 0 Å². The fraction of sp³-hybridized carbons (Fsp3) is 0.481. The Bertz CT molecular complexity index is 923. The molecule has 178 valence electrons. The van der Waals surface area contributed by atoms with Crippen LogP contribution in [0.2, 0.25) is 5.02 Å². The van der Waals surface area contributed by atoms with Crippen LogP contribution in [0.5, 0.6) is 5.75 Å².